The summed E-state index contributed by atoms with van der Waals surface area (Å²) < 4.78 is 5.24. The molecule has 1 aliphatic heterocycles. The number of nitrogens with zero attached hydrogens (tertiary/aromatic N) is 2. The van der Waals surface area contributed by atoms with Gasteiger partial charge in [0, 0.05) is 29.3 Å². The number of amides is 1. The predicted octanol–water partition coefficient (Wildman–Crippen LogP) is 3.66. The van der Waals surface area contributed by atoms with Gasteiger partial charge in [-0.05, 0) is 58.3 Å². The molecule has 1 aromatic carbocycles. The summed E-state index contributed by atoms with van der Waals surface area (Å²) in [6.07, 6.45) is 2.14. The van der Waals surface area contributed by atoms with Crippen LogP contribution in [-0.4, -0.2) is 42.6 Å². The van der Waals surface area contributed by atoms with Gasteiger partial charge in [0.05, 0.1) is 11.3 Å². The minimum absolute atomic E-state index is 0.148. The summed E-state index contributed by atoms with van der Waals surface area (Å²) in [6.45, 7) is 6.61. The Hall–Kier alpha value is -1.79. The van der Waals surface area contributed by atoms with Gasteiger partial charge in [0.25, 0.3) is 5.91 Å². The number of piperidine rings is 1. The van der Waals surface area contributed by atoms with Crippen molar-refractivity contribution in [1.82, 2.24) is 15.4 Å². The van der Waals surface area contributed by atoms with Gasteiger partial charge in [0.1, 0.15) is 5.76 Å². The van der Waals surface area contributed by atoms with Crippen molar-refractivity contribution in [1.29, 1.82) is 0 Å². The van der Waals surface area contributed by atoms with E-state index in [0.717, 1.165) is 65.7 Å². The summed E-state index contributed by atoms with van der Waals surface area (Å²) >= 11 is 1.68. The fraction of sp³-hybridized carbons (Fsp3) is 0.500. The molecule has 0 atom stereocenters. The highest BCUT2D eigenvalue weighted by Crippen LogP contribution is 2.30. The molecule has 0 saturated carbocycles. The standard InChI is InChI=1S/C20H27N3O2S/c1-14-18(15(2)25-22-14)13-26-19-7-5-4-6-17(19)20(24)23-10-8-16(9-11-23)12-21-3/h4-7,16,21H,8-13H2,1-3H3. The molecule has 1 aliphatic rings. The molecule has 1 aromatic heterocycles. The van der Waals surface area contributed by atoms with Crippen LogP contribution in [0, 0.1) is 19.8 Å². The molecule has 6 heteroatoms. The summed E-state index contributed by atoms with van der Waals surface area (Å²) in [5, 5.41) is 7.25. The minimum Gasteiger partial charge on any atom is -0.361 e. The summed E-state index contributed by atoms with van der Waals surface area (Å²) in [5.41, 5.74) is 2.84. The number of likely N-dealkylation sites (tertiary alicyclic amines) is 1. The predicted molar refractivity (Wildman–Crippen MR) is 105 cm³/mol. The summed E-state index contributed by atoms with van der Waals surface area (Å²) in [4.78, 5) is 16.1. The van der Waals surface area contributed by atoms with E-state index in [0.29, 0.717) is 5.92 Å². The molecule has 140 valence electrons. The van der Waals surface area contributed by atoms with Gasteiger partial charge < -0.3 is 14.7 Å². The van der Waals surface area contributed by atoms with Crippen LogP contribution in [0.1, 0.15) is 40.2 Å². The quantitative estimate of drug-likeness (QED) is 0.783. The number of thioether (sulfide) groups is 1. The summed E-state index contributed by atoms with van der Waals surface area (Å²) in [6, 6.07) is 7.91. The van der Waals surface area contributed by atoms with Crippen molar-refractivity contribution in [3.05, 3.63) is 46.8 Å². The smallest absolute Gasteiger partial charge is 0.254 e. The first-order valence-corrected chi connectivity index (χ1v) is 10.2. The van der Waals surface area contributed by atoms with Crippen molar-refractivity contribution >= 4 is 17.7 Å². The van der Waals surface area contributed by atoms with Gasteiger partial charge in [0.15, 0.2) is 0 Å². The second kappa shape index (κ2) is 8.73. The van der Waals surface area contributed by atoms with Crippen LogP contribution in [0.5, 0.6) is 0 Å². The Balaban J connectivity index is 1.68. The fourth-order valence-electron chi connectivity index (χ4n) is 3.43. The number of benzene rings is 1. The van der Waals surface area contributed by atoms with Gasteiger partial charge >= 0.3 is 0 Å². The summed E-state index contributed by atoms with van der Waals surface area (Å²) in [7, 11) is 1.99. The van der Waals surface area contributed by atoms with Gasteiger partial charge in [-0.1, -0.05) is 17.3 Å². The van der Waals surface area contributed by atoms with Crippen LogP contribution in [-0.2, 0) is 5.75 Å². The van der Waals surface area contributed by atoms with Crippen LogP contribution in [0.3, 0.4) is 0 Å². The van der Waals surface area contributed by atoms with E-state index < -0.39 is 0 Å². The zero-order valence-corrected chi connectivity index (χ0v) is 16.6. The lowest BCUT2D eigenvalue weighted by Gasteiger charge is -2.32. The molecule has 0 bridgehead atoms. The molecule has 0 unspecified atom stereocenters. The molecule has 0 radical (unpaired) electrons. The van der Waals surface area contributed by atoms with Crippen molar-refractivity contribution < 1.29 is 9.32 Å². The van der Waals surface area contributed by atoms with E-state index in [1.165, 1.54) is 0 Å². The lowest BCUT2D eigenvalue weighted by atomic mass is 9.96. The van der Waals surface area contributed by atoms with Gasteiger partial charge in [-0.3, -0.25) is 4.79 Å². The fourth-order valence-corrected chi connectivity index (χ4v) is 4.62. The van der Waals surface area contributed by atoms with Crippen molar-refractivity contribution in [2.45, 2.75) is 37.3 Å². The van der Waals surface area contributed by atoms with Crippen LogP contribution >= 0.6 is 11.8 Å². The molecule has 5 nitrogen and oxygen atoms in total. The maximum absolute atomic E-state index is 13.0. The first-order chi connectivity index (χ1) is 12.6. The minimum atomic E-state index is 0.148. The molecule has 1 saturated heterocycles. The Kier molecular flexibility index (Phi) is 6.38. The highest BCUT2D eigenvalue weighted by Gasteiger charge is 2.24. The highest BCUT2D eigenvalue weighted by atomic mass is 32.2. The third-order valence-corrected chi connectivity index (χ3v) is 6.17. The maximum Gasteiger partial charge on any atom is 0.254 e. The van der Waals surface area contributed by atoms with Crippen molar-refractivity contribution in [2.24, 2.45) is 5.92 Å². The number of hydrogen-bond donors (Lipinski definition) is 1. The zero-order valence-electron chi connectivity index (χ0n) is 15.7. The van der Waals surface area contributed by atoms with E-state index in [9.17, 15) is 4.79 Å². The van der Waals surface area contributed by atoms with Crippen LogP contribution in [0.2, 0.25) is 0 Å². The highest BCUT2D eigenvalue weighted by molar-refractivity contribution is 7.98. The van der Waals surface area contributed by atoms with Gasteiger partial charge in [-0.25, -0.2) is 0 Å². The van der Waals surface area contributed by atoms with Crippen LogP contribution < -0.4 is 5.32 Å². The van der Waals surface area contributed by atoms with Crippen LogP contribution in [0.4, 0.5) is 0 Å². The van der Waals surface area contributed by atoms with Crippen molar-refractivity contribution in [3.8, 4) is 0 Å². The zero-order chi connectivity index (χ0) is 18.5. The number of nitrogens with one attached hydrogen (secondary N) is 1. The first-order valence-electron chi connectivity index (χ1n) is 9.17. The molecule has 1 fully saturated rings. The molecule has 26 heavy (non-hydrogen) atoms. The van der Waals surface area contributed by atoms with E-state index in [2.05, 4.69) is 10.5 Å². The first kappa shape index (κ1) is 19.0. The number of rotatable bonds is 6. The lowest BCUT2D eigenvalue weighted by Crippen LogP contribution is -2.40. The van der Waals surface area contributed by atoms with Crippen molar-refractivity contribution in [3.63, 3.8) is 0 Å². The molecule has 1 amide bonds. The molecular formula is C20H27N3O2S. The Morgan fingerprint density at radius 2 is 2.04 bits per heavy atom. The Morgan fingerprint density at radius 1 is 1.31 bits per heavy atom. The van der Waals surface area contributed by atoms with Crippen LogP contribution in [0.25, 0.3) is 0 Å². The molecule has 1 N–H and O–H groups in total. The largest absolute Gasteiger partial charge is 0.361 e. The normalized spacial score (nSPS) is 15.4. The van der Waals surface area contributed by atoms with Gasteiger partial charge in [-0.15, -0.1) is 11.8 Å². The topological polar surface area (TPSA) is 58.4 Å². The van der Waals surface area contributed by atoms with E-state index in [4.69, 9.17) is 4.52 Å². The van der Waals surface area contributed by atoms with E-state index >= 15 is 0 Å². The Labute approximate surface area is 159 Å². The number of aromatic nitrogens is 1. The van der Waals surface area contributed by atoms with E-state index in [1.54, 1.807) is 11.8 Å². The van der Waals surface area contributed by atoms with E-state index in [1.807, 2.05) is 50.1 Å². The van der Waals surface area contributed by atoms with Gasteiger partial charge in [0.2, 0.25) is 0 Å². The third kappa shape index (κ3) is 4.30. The molecule has 0 spiro atoms. The lowest BCUT2D eigenvalue weighted by molar-refractivity contribution is 0.0687. The molecule has 0 aliphatic carbocycles. The third-order valence-electron chi connectivity index (χ3n) is 5.07. The molecule has 3 rings (SSSR count). The average Bonchev–Trinajstić information content (AvgIpc) is 2.98. The Morgan fingerprint density at radius 3 is 2.69 bits per heavy atom. The van der Waals surface area contributed by atoms with Gasteiger partial charge in [-0.2, -0.15) is 0 Å². The molecule has 2 aromatic rings. The number of carbonyl (C=O) groups excluding carboxylic acids is 1. The molecule has 2 heterocycles. The summed E-state index contributed by atoms with van der Waals surface area (Å²) in [5.74, 6) is 2.43. The van der Waals surface area contributed by atoms with Crippen LogP contribution in [0.15, 0.2) is 33.7 Å². The van der Waals surface area contributed by atoms with Crippen molar-refractivity contribution in [2.75, 3.05) is 26.7 Å². The second-order valence-corrected chi connectivity index (χ2v) is 7.90. The second-order valence-electron chi connectivity index (χ2n) is 6.88. The number of carbonyl (C=O) groups is 1. The molecular weight excluding hydrogens is 346 g/mol. The Bertz CT molecular complexity index is 732. The average molecular weight is 374 g/mol. The monoisotopic (exact) mass is 373 g/mol. The SMILES string of the molecule is CNCC1CCN(C(=O)c2ccccc2SCc2c(C)noc2C)CC1. The van der Waals surface area contributed by atoms with E-state index in [-0.39, 0.29) is 5.91 Å². The number of hydrogen-bond acceptors (Lipinski definition) is 5. The maximum atomic E-state index is 13.0. The number of aryl methyl sites for hydroxylation is 2.